The first-order valence-electron chi connectivity index (χ1n) is 11.9. The summed E-state index contributed by atoms with van der Waals surface area (Å²) in [4.78, 5) is 26.4. The Kier molecular flexibility index (Phi) is 7.71. The second-order valence-corrected chi connectivity index (χ2v) is 9.99. The first kappa shape index (κ1) is 25.2. The fraction of sp³-hybridized carbons (Fsp3) is 0.296. The van der Waals surface area contributed by atoms with Gasteiger partial charge in [-0.3, -0.25) is 15.0 Å². The number of hydrogen-bond donors (Lipinski definition) is 1. The third kappa shape index (κ3) is 5.62. The maximum absolute atomic E-state index is 13.0. The lowest BCUT2D eigenvalue weighted by Crippen LogP contribution is -2.59. The molecule has 2 aliphatic heterocycles. The predicted molar refractivity (Wildman–Crippen MR) is 136 cm³/mol. The quantitative estimate of drug-likeness (QED) is 0.326. The second kappa shape index (κ2) is 11.3. The van der Waals surface area contributed by atoms with Crippen molar-refractivity contribution in [2.24, 2.45) is 0 Å². The molecular weight excluding hydrogens is 496 g/mol. The van der Waals surface area contributed by atoms with E-state index in [0.717, 1.165) is 10.5 Å². The minimum Gasteiger partial charge on any atom is -0.441 e. The van der Waals surface area contributed by atoms with Gasteiger partial charge in [0.25, 0.3) is 5.69 Å². The number of hydrogen-bond acceptors (Lipinski definition) is 8. The number of aliphatic hydroxyl groups excluding tert-OH is 1. The van der Waals surface area contributed by atoms with E-state index in [1.807, 2.05) is 60.7 Å². The van der Waals surface area contributed by atoms with Gasteiger partial charge in [-0.2, -0.15) is 0 Å². The molecule has 2 saturated heterocycles. The van der Waals surface area contributed by atoms with E-state index in [4.69, 9.17) is 14.2 Å². The van der Waals surface area contributed by atoms with Crippen LogP contribution in [0.1, 0.15) is 11.1 Å². The molecular formula is C27H26N2O7S. The molecule has 0 radical (unpaired) electrons. The Morgan fingerprint density at radius 3 is 2.41 bits per heavy atom. The Morgan fingerprint density at radius 1 is 1.00 bits per heavy atom. The van der Waals surface area contributed by atoms with Crippen LogP contribution < -0.4 is 0 Å². The molecule has 2 aliphatic rings. The lowest BCUT2D eigenvalue weighted by atomic mass is 9.97. The third-order valence-electron chi connectivity index (χ3n) is 6.39. The van der Waals surface area contributed by atoms with Crippen LogP contribution >= 0.6 is 11.8 Å². The molecule has 0 spiro atoms. The number of fused-ring (bicyclic) bond motifs is 1. The Hall–Kier alpha value is -3.44. The Labute approximate surface area is 218 Å². The van der Waals surface area contributed by atoms with Gasteiger partial charge < -0.3 is 19.3 Å². The number of aliphatic hydroxyl groups is 1. The fourth-order valence-electron chi connectivity index (χ4n) is 4.58. The van der Waals surface area contributed by atoms with E-state index in [-0.39, 0.29) is 18.8 Å². The Morgan fingerprint density at radius 2 is 1.68 bits per heavy atom. The highest BCUT2D eigenvalue weighted by atomic mass is 32.2. The van der Waals surface area contributed by atoms with Gasteiger partial charge in [0.2, 0.25) is 0 Å². The summed E-state index contributed by atoms with van der Waals surface area (Å²) in [5.74, 6) is 0. The van der Waals surface area contributed by atoms with E-state index in [9.17, 15) is 20.0 Å². The zero-order chi connectivity index (χ0) is 25.8. The van der Waals surface area contributed by atoms with Crippen LogP contribution in [0.4, 0.5) is 10.5 Å². The number of nitro benzene ring substituents is 1. The van der Waals surface area contributed by atoms with Gasteiger partial charge in [0.05, 0.1) is 24.7 Å². The van der Waals surface area contributed by atoms with Crippen molar-refractivity contribution in [3.05, 3.63) is 106 Å². The first-order valence-corrected chi connectivity index (χ1v) is 12.8. The van der Waals surface area contributed by atoms with Crippen molar-refractivity contribution in [1.82, 2.24) is 4.90 Å². The van der Waals surface area contributed by atoms with Gasteiger partial charge in [-0.15, -0.1) is 0 Å². The number of amides is 1. The van der Waals surface area contributed by atoms with Crippen LogP contribution in [-0.2, 0) is 27.4 Å². The van der Waals surface area contributed by atoms with Crippen molar-refractivity contribution >= 4 is 23.5 Å². The van der Waals surface area contributed by atoms with Gasteiger partial charge >= 0.3 is 6.09 Å². The number of carbonyl (C=O) groups is 1. The number of benzene rings is 3. The van der Waals surface area contributed by atoms with Crippen LogP contribution in [-0.4, -0.2) is 57.4 Å². The molecule has 5 atom stereocenters. The smallest absolute Gasteiger partial charge is 0.411 e. The lowest BCUT2D eigenvalue weighted by molar-refractivity contribution is -0.385. The molecule has 3 aromatic carbocycles. The molecule has 192 valence electrons. The second-order valence-electron chi connectivity index (χ2n) is 8.82. The SMILES string of the molecule is O=C1O[C@H]2[C@H](O)[C@@H](COCc3ccccc3)O[C@H](Sc3ccccc3)[C@@H]2N1Cc1ccccc1[N+](=O)[O-]. The summed E-state index contributed by atoms with van der Waals surface area (Å²) >= 11 is 1.41. The van der Waals surface area contributed by atoms with Crippen molar-refractivity contribution in [2.75, 3.05) is 6.61 Å². The van der Waals surface area contributed by atoms with Crippen LogP contribution in [0.2, 0.25) is 0 Å². The monoisotopic (exact) mass is 522 g/mol. The molecule has 0 unspecified atom stereocenters. The van der Waals surface area contributed by atoms with E-state index in [1.165, 1.54) is 22.7 Å². The maximum atomic E-state index is 13.0. The van der Waals surface area contributed by atoms with E-state index in [0.29, 0.717) is 12.2 Å². The van der Waals surface area contributed by atoms with Gasteiger partial charge in [-0.05, 0) is 17.7 Å². The van der Waals surface area contributed by atoms with Crippen molar-refractivity contribution in [2.45, 2.75) is 47.8 Å². The highest BCUT2D eigenvalue weighted by Crippen LogP contribution is 2.41. The van der Waals surface area contributed by atoms with Crippen LogP contribution in [0.3, 0.4) is 0 Å². The summed E-state index contributed by atoms with van der Waals surface area (Å²) in [6, 6.07) is 24.8. The van der Waals surface area contributed by atoms with E-state index in [2.05, 4.69) is 0 Å². The molecule has 0 bridgehead atoms. The summed E-state index contributed by atoms with van der Waals surface area (Å²) in [6.07, 6.45) is -3.39. The molecule has 9 nitrogen and oxygen atoms in total. The fourth-order valence-corrected chi connectivity index (χ4v) is 5.81. The van der Waals surface area contributed by atoms with Crippen LogP contribution in [0.5, 0.6) is 0 Å². The molecule has 0 aliphatic carbocycles. The van der Waals surface area contributed by atoms with Crippen molar-refractivity contribution in [3.8, 4) is 0 Å². The molecule has 5 rings (SSSR count). The van der Waals surface area contributed by atoms with Gasteiger partial charge in [0, 0.05) is 16.5 Å². The molecule has 2 heterocycles. The van der Waals surface area contributed by atoms with E-state index >= 15 is 0 Å². The Bertz CT molecular complexity index is 1230. The largest absolute Gasteiger partial charge is 0.441 e. The topological polar surface area (TPSA) is 111 Å². The van der Waals surface area contributed by atoms with Crippen LogP contribution in [0, 0.1) is 10.1 Å². The van der Waals surface area contributed by atoms with E-state index in [1.54, 1.807) is 18.2 Å². The summed E-state index contributed by atoms with van der Waals surface area (Å²) in [5, 5.41) is 22.7. The number of ether oxygens (including phenoxy) is 3. The van der Waals surface area contributed by atoms with Gasteiger partial charge in [0.15, 0.2) is 6.10 Å². The van der Waals surface area contributed by atoms with Gasteiger partial charge in [-0.25, -0.2) is 4.79 Å². The number of para-hydroxylation sites is 1. The molecule has 0 aromatic heterocycles. The van der Waals surface area contributed by atoms with E-state index < -0.39 is 40.8 Å². The summed E-state index contributed by atoms with van der Waals surface area (Å²) in [7, 11) is 0. The molecule has 3 aromatic rings. The third-order valence-corrected chi connectivity index (χ3v) is 7.56. The summed E-state index contributed by atoms with van der Waals surface area (Å²) < 4.78 is 17.8. The number of thioether (sulfide) groups is 1. The lowest BCUT2D eigenvalue weighted by Gasteiger charge is -2.41. The van der Waals surface area contributed by atoms with Crippen LogP contribution in [0.15, 0.2) is 89.8 Å². The number of nitro groups is 1. The standard InChI is InChI=1S/C27H26N2O7S/c30-24-22(17-34-16-18-9-3-1-4-10-18)35-26(37-20-12-5-2-6-13-20)23-25(24)36-27(31)28(23)15-19-11-7-8-14-21(19)29(32)33/h1-14,22-26,30H,15-17H2/t22-,23-,24-,25-,26-/m1/s1. The number of carbonyl (C=O) groups excluding carboxylic acids is 1. The van der Waals surface area contributed by atoms with Gasteiger partial charge in [0.1, 0.15) is 23.7 Å². The van der Waals surface area contributed by atoms with Crippen LogP contribution in [0.25, 0.3) is 0 Å². The molecule has 10 heteroatoms. The average molecular weight is 523 g/mol. The molecule has 0 saturated carbocycles. The predicted octanol–water partition coefficient (Wildman–Crippen LogP) is 4.38. The minimum atomic E-state index is -1.13. The average Bonchev–Trinajstić information content (AvgIpc) is 3.24. The molecule has 1 amide bonds. The first-order chi connectivity index (χ1) is 18.0. The summed E-state index contributed by atoms with van der Waals surface area (Å²) in [5.41, 5.74) is 0.672. The minimum absolute atomic E-state index is 0.0474. The molecule has 2 fully saturated rings. The summed E-state index contributed by atoms with van der Waals surface area (Å²) in [6.45, 7) is 0.405. The Balaban J connectivity index is 1.38. The van der Waals surface area contributed by atoms with Crippen molar-refractivity contribution < 1.29 is 29.0 Å². The normalized spacial score (nSPS) is 24.9. The van der Waals surface area contributed by atoms with Crippen molar-refractivity contribution in [3.63, 3.8) is 0 Å². The zero-order valence-electron chi connectivity index (χ0n) is 19.8. The van der Waals surface area contributed by atoms with Gasteiger partial charge in [-0.1, -0.05) is 78.5 Å². The molecule has 37 heavy (non-hydrogen) atoms. The highest BCUT2D eigenvalue weighted by molar-refractivity contribution is 7.99. The molecule has 1 N–H and O–H groups in total. The zero-order valence-corrected chi connectivity index (χ0v) is 20.6. The highest BCUT2D eigenvalue weighted by Gasteiger charge is 2.56. The maximum Gasteiger partial charge on any atom is 0.411 e. The number of rotatable bonds is 9. The number of nitrogens with zero attached hydrogens (tertiary/aromatic N) is 2. The van der Waals surface area contributed by atoms with Crippen molar-refractivity contribution in [1.29, 1.82) is 0 Å².